The predicted octanol–water partition coefficient (Wildman–Crippen LogP) is 4.14. The molecular formula is C24H33N3O2. The molecule has 5 heteroatoms. The van der Waals surface area contributed by atoms with E-state index in [0.717, 1.165) is 36.0 Å². The highest BCUT2D eigenvalue weighted by Crippen LogP contribution is 2.36. The molecule has 5 nitrogen and oxygen atoms in total. The number of ketones is 1. The minimum atomic E-state index is -1.02. The molecule has 1 aromatic rings. The molecule has 0 saturated heterocycles. The van der Waals surface area contributed by atoms with Crippen LogP contribution in [0, 0.1) is 5.41 Å². The van der Waals surface area contributed by atoms with Crippen molar-refractivity contribution in [3.63, 3.8) is 0 Å². The van der Waals surface area contributed by atoms with Gasteiger partial charge in [-0.1, -0.05) is 49.4 Å². The minimum absolute atomic E-state index is 0.0571. The lowest BCUT2D eigenvalue weighted by Crippen LogP contribution is -2.52. The number of carbonyl (C=O) groups is 2. The number of rotatable bonds is 9. The molecule has 156 valence electrons. The summed E-state index contributed by atoms with van der Waals surface area (Å²) in [5, 5.41) is 11.3. The quantitative estimate of drug-likeness (QED) is 0.488. The lowest BCUT2D eigenvalue weighted by atomic mass is 9.74. The summed E-state index contributed by atoms with van der Waals surface area (Å²) in [5.41, 5.74) is 1.91. The van der Waals surface area contributed by atoms with Crippen molar-refractivity contribution in [2.24, 2.45) is 0 Å². The normalized spacial score (nSPS) is 15.2. The number of hydrogen-bond donors (Lipinski definition) is 2. The number of nitrogens with zero attached hydrogens (tertiary/aromatic N) is 1. The Kier molecular flexibility index (Phi) is 7.94. The number of hydrogen-bond acceptors (Lipinski definition) is 3. The van der Waals surface area contributed by atoms with Crippen molar-refractivity contribution in [2.45, 2.75) is 58.9 Å². The number of carbonyl (C=O) groups excluding carboxylic acids is 2. The van der Waals surface area contributed by atoms with Gasteiger partial charge in [0.05, 0.1) is 5.84 Å². The Morgan fingerprint density at radius 3 is 2.55 bits per heavy atom. The first-order chi connectivity index (χ1) is 13.8. The van der Waals surface area contributed by atoms with Crippen molar-refractivity contribution in [2.75, 3.05) is 13.1 Å². The molecule has 0 aromatic heterocycles. The van der Waals surface area contributed by atoms with Gasteiger partial charge in [0.15, 0.2) is 5.78 Å². The summed E-state index contributed by atoms with van der Waals surface area (Å²) in [4.78, 5) is 26.8. The maximum absolute atomic E-state index is 13.3. The molecule has 0 spiro atoms. The van der Waals surface area contributed by atoms with Gasteiger partial charge < -0.3 is 10.2 Å². The first-order valence-corrected chi connectivity index (χ1v) is 10.4. The van der Waals surface area contributed by atoms with E-state index in [1.54, 1.807) is 13.8 Å². The Hall–Kier alpha value is -2.69. The average Bonchev–Trinajstić information content (AvgIpc) is 2.72. The van der Waals surface area contributed by atoms with Gasteiger partial charge in [0, 0.05) is 26.4 Å². The minimum Gasteiger partial charge on any atom is -0.355 e. The monoisotopic (exact) mass is 395 g/mol. The van der Waals surface area contributed by atoms with Gasteiger partial charge in [-0.3, -0.25) is 15.0 Å². The molecule has 1 amide bonds. The lowest BCUT2D eigenvalue weighted by Gasteiger charge is -2.38. The molecule has 1 aliphatic rings. The van der Waals surface area contributed by atoms with Crippen LogP contribution in [0.15, 0.2) is 48.1 Å². The van der Waals surface area contributed by atoms with Gasteiger partial charge in [-0.2, -0.15) is 0 Å². The van der Waals surface area contributed by atoms with Gasteiger partial charge in [0.25, 0.3) is 0 Å². The molecule has 1 unspecified atom stereocenters. The Balaban J connectivity index is 2.49. The molecule has 2 N–H and O–H groups in total. The second-order valence-electron chi connectivity index (χ2n) is 7.48. The third-order valence-electron chi connectivity index (χ3n) is 5.47. The number of amides is 1. The highest BCUT2D eigenvalue weighted by atomic mass is 16.2. The van der Waals surface area contributed by atoms with E-state index in [1.165, 1.54) is 0 Å². The molecule has 29 heavy (non-hydrogen) atoms. The fourth-order valence-corrected chi connectivity index (χ4v) is 3.97. The van der Waals surface area contributed by atoms with Crippen LogP contribution < -0.4 is 5.32 Å². The number of nitrogens with one attached hydrogen (secondary N) is 2. The zero-order chi connectivity index (χ0) is 21.4. The van der Waals surface area contributed by atoms with E-state index in [4.69, 9.17) is 5.41 Å². The maximum Gasteiger partial charge on any atom is 0.219 e. The van der Waals surface area contributed by atoms with Crippen molar-refractivity contribution in [3.8, 4) is 0 Å². The highest BCUT2D eigenvalue weighted by molar-refractivity contribution is 5.97. The van der Waals surface area contributed by atoms with Crippen LogP contribution in [-0.4, -0.2) is 35.5 Å². The topological polar surface area (TPSA) is 73.3 Å². The predicted molar refractivity (Wildman–Crippen MR) is 118 cm³/mol. The summed E-state index contributed by atoms with van der Waals surface area (Å²) in [7, 11) is 0. The van der Waals surface area contributed by atoms with Crippen LogP contribution in [0.5, 0.6) is 0 Å². The summed E-state index contributed by atoms with van der Waals surface area (Å²) >= 11 is 0. The van der Waals surface area contributed by atoms with Crippen LogP contribution in [0.25, 0.3) is 0 Å². The lowest BCUT2D eigenvalue weighted by molar-refractivity contribution is -0.128. The molecule has 0 heterocycles. The van der Waals surface area contributed by atoms with E-state index in [9.17, 15) is 9.59 Å². The van der Waals surface area contributed by atoms with E-state index < -0.39 is 5.54 Å². The Morgan fingerprint density at radius 2 is 2.00 bits per heavy atom. The van der Waals surface area contributed by atoms with Crippen molar-refractivity contribution in [1.82, 2.24) is 10.2 Å². The van der Waals surface area contributed by atoms with E-state index in [1.807, 2.05) is 49.1 Å². The number of allylic oxidation sites excluding steroid dienone is 3. The van der Waals surface area contributed by atoms with E-state index in [2.05, 4.69) is 17.5 Å². The smallest absolute Gasteiger partial charge is 0.219 e. The summed E-state index contributed by atoms with van der Waals surface area (Å²) in [6.45, 7) is 8.43. The number of likely N-dealkylation sites (N-methyl/N-ethyl adjacent to an activating group) is 1. The summed E-state index contributed by atoms with van der Waals surface area (Å²) in [6, 6.07) is 8.02. The number of Topliss-reactive ketones (excluding diaryl/α,β-unsaturated/α-hetero) is 1. The second-order valence-corrected chi connectivity index (χ2v) is 7.48. The highest BCUT2D eigenvalue weighted by Gasteiger charge is 2.42. The zero-order valence-corrected chi connectivity index (χ0v) is 18.0. The van der Waals surface area contributed by atoms with Crippen molar-refractivity contribution in [1.29, 1.82) is 5.41 Å². The molecule has 0 saturated carbocycles. The largest absolute Gasteiger partial charge is 0.355 e. The van der Waals surface area contributed by atoms with Crippen molar-refractivity contribution in [3.05, 3.63) is 59.2 Å². The van der Waals surface area contributed by atoms with Gasteiger partial charge >= 0.3 is 0 Å². The second kappa shape index (κ2) is 10.2. The van der Waals surface area contributed by atoms with Crippen LogP contribution in [0.1, 0.15) is 58.1 Å². The SMILES string of the molecule is CCC(=O)C(NC(C)=N)(C1=CC=CCC1)c1cccc(CCN(CC)C(C)=O)c1. The van der Waals surface area contributed by atoms with Crippen LogP contribution in [0.3, 0.4) is 0 Å². The third kappa shape index (κ3) is 5.22. The molecule has 0 bridgehead atoms. The van der Waals surface area contributed by atoms with Crippen LogP contribution in [-0.2, 0) is 21.5 Å². The summed E-state index contributed by atoms with van der Waals surface area (Å²) in [6.07, 6.45) is 8.86. The zero-order valence-electron chi connectivity index (χ0n) is 18.0. The fourth-order valence-electron chi connectivity index (χ4n) is 3.97. The van der Waals surface area contributed by atoms with Crippen LogP contribution >= 0.6 is 0 Å². The Morgan fingerprint density at radius 1 is 1.24 bits per heavy atom. The van der Waals surface area contributed by atoms with E-state index >= 15 is 0 Å². The summed E-state index contributed by atoms with van der Waals surface area (Å²) < 4.78 is 0. The van der Waals surface area contributed by atoms with E-state index in [0.29, 0.717) is 19.5 Å². The summed E-state index contributed by atoms with van der Waals surface area (Å²) in [5.74, 6) is 0.391. The van der Waals surface area contributed by atoms with Crippen LogP contribution in [0.4, 0.5) is 0 Å². The molecular weight excluding hydrogens is 362 g/mol. The number of amidine groups is 1. The first kappa shape index (κ1) is 22.6. The van der Waals surface area contributed by atoms with Gasteiger partial charge in [0.2, 0.25) is 5.91 Å². The Bertz CT molecular complexity index is 825. The first-order valence-electron chi connectivity index (χ1n) is 10.4. The number of benzene rings is 1. The van der Waals surface area contributed by atoms with Gasteiger partial charge in [-0.15, -0.1) is 0 Å². The molecule has 0 fully saturated rings. The molecule has 1 aliphatic carbocycles. The van der Waals surface area contributed by atoms with Gasteiger partial charge in [0.1, 0.15) is 5.54 Å². The third-order valence-corrected chi connectivity index (χ3v) is 5.47. The molecule has 0 aliphatic heterocycles. The van der Waals surface area contributed by atoms with E-state index in [-0.39, 0.29) is 17.5 Å². The average molecular weight is 396 g/mol. The maximum atomic E-state index is 13.3. The van der Waals surface area contributed by atoms with Gasteiger partial charge in [-0.25, -0.2) is 0 Å². The Labute approximate surface area is 174 Å². The fraction of sp³-hybridized carbons (Fsp3) is 0.458. The molecule has 2 rings (SSSR count). The van der Waals surface area contributed by atoms with Crippen LogP contribution in [0.2, 0.25) is 0 Å². The molecule has 1 aromatic carbocycles. The standard InChI is InChI=1S/C24H33N3O2/c1-5-23(29)24(26-18(3)25,21-12-8-7-9-13-21)22-14-10-11-20(17-22)15-16-27(6-2)19(4)28/h7-8,10-12,14,17H,5-6,9,13,15-16H2,1-4H3,(H2,25,26). The molecule has 0 radical (unpaired) electrons. The van der Waals surface area contributed by atoms with Crippen molar-refractivity contribution >= 4 is 17.5 Å². The van der Waals surface area contributed by atoms with Crippen molar-refractivity contribution < 1.29 is 9.59 Å². The molecule has 1 atom stereocenters. The van der Waals surface area contributed by atoms with Gasteiger partial charge in [-0.05, 0) is 49.8 Å².